The molecule has 0 spiro atoms. The molecule has 1 aromatic rings. The highest BCUT2D eigenvalue weighted by molar-refractivity contribution is 5.52. The van der Waals surface area contributed by atoms with Crippen molar-refractivity contribution < 1.29 is 15.0 Å². The molecule has 0 saturated heterocycles. The van der Waals surface area contributed by atoms with Gasteiger partial charge in [-0.1, -0.05) is 0 Å². The highest BCUT2D eigenvalue weighted by Crippen LogP contribution is 2.27. The summed E-state index contributed by atoms with van der Waals surface area (Å²) in [6.07, 6.45) is 0. The monoisotopic (exact) mass is 197 g/mol. The highest BCUT2D eigenvalue weighted by atomic mass is 16.6. The van der Waals surface area contributed by atoms with E-state index in [-0.39, 0.29) is 5.56 Å². The fourth-order valence-corrected chi connectivity index (χ4v) is 1.05. The normalized spacial score (nSPS) is 9.79. The molecule has 14 heavy (non-hydrogen) atoms. The first-order valence-corrected chi connectivity index (χ1v) is 3.56. The largest absolute Gasteiger partial charge is 0.281 e. The minimum Gasteiger partial charge on any atom is -0.258 e. The zero-order chi connectivity index (χ0) is 10.7. The lowest BCUT2D eigenvalue weighted by molar-refractivity contribution is -0.396. The predicted octanol–water partition coefficient (Wildman–Crippen LogP) is 1.43. The standard InChI is InChI=1S/C7H5N2O5/c10-4-5-6(8(11)12)2-1-3-7(5)9(13)14/h1-3H,4H2. The fourth-order valence-electron chi connectivity index (χ4n) is 1.05. The predicted molar refractivity (Wildman–Crippen MR) is 44.1 cm³/mol. The average Bonchev–Trinajstić information content (AvgIpc) is 2.16. The second-order valence-electron chi connectivity index (χ2n) is 2.43. The lowest BCUT2D eigenvalue weighted by Crippen LogP contribution is -2.00. The van der Waals surface area contributed by atoms with Gasteiger partial charge in [0.25, 0.3) is 11.4 Å². The minimum absolute atomic E-state index is 0.387. The molecule has 0 unspecified atom stereocenters. The van der Waals surface area contributed by atoms with E-state index in [0.29, 0.717) is 0 Å². The van der Waals surface area contributed by atoms with Gasteiger partial charge in [-0.15, -0.1) is 0 Å². The molecule has 0 saturated carbocycles. The summed E-state index contributed by atoms with van der Waals surface area (Å²) in [6.45, 7) is -0.979. The molecule has 0 aliphatic rings. The van der Waals surface area contributed by atoms with E-state index in [1.807, 2.05) is 0 Å². The molecule has 0 aromatic heterocycles. The Kier molecular flexibility index (Phi) is 2.73. The number of hydrogen-bond donors (Lipinski definition) is 0. The first kappa shape index (κ1) is 10.1. The lowest BCUT2D eigenvalue weighted by atomic mass is 10.1. The molecule has 0 heterocycles. The summed E-state index contributed by atoms with van der Waals surface area (Å²) < 4.78 is 0. The molecule has 0 N–H and O–H groups in total. The van der Waals surface area contributed by atoms with Crippen LogP contribution < -0.4 is 0 Å². The topological polar surface area (TPSA) is 106 Å². The highest BCUT2D eigenvalue weighted by Gasteiger charge is 2.23. The fraction of sp³-hybridized carbons (Fsp3) is 0.143. The number of nitrogens with zero attached hydrogens (tertiary/aromatic N) is 2. The summed E-state index contributed by atoms with van der Waals surface area (Å²) in [5.74, 6) is 0. The van der Waals surface area contributed by atoms with E-state index in [9.17, 15) is 25.3 Å². The van der Waals surface area contributed by atoms with E-state index in [2.05, 4.69) is 0 Å². The SMILES string of the molecule is [O]Cc1c([N+](=O)[O-])cccc1[N+](=O)[O-]. The van der Waals surface area contributed by atoms with Gasteiger partial charge in [0.15, 0.2) is 0 Å². The third kappa shape index (κ3) is 1.67. The van der Waals surface area contributed by atoms with E-state index in [1.165, 1.54) is 6.07 Å². The summed E-state index contributed by atoms with van der Waals surface area (Å²) in [5.41, 5.74) is -1.40. The molecule has 0 atom stereocenters. The van der Waals surface area contributed by atoms with Crippen molar-refractivity contribution in [3.63, 3.8) is 0 Å². The molecule has 1 rings (SSSR count). The van der Waals surface area contributed by atoms with Crippen LogP contribution in [-0.4, -0.2) is 9.85 Å². The average molecular weight is 197 g/mol. The Bertz CT molecular complexity index is 357. The molecule has 7 heteroatoms. The maximum absolute atomic E-state index is 10.6. The molecule has 1 radical (unpaired) electrons. The van der Waals surface area contributed by atoms with Crippen LogP contribution >= 0.6 is 0 Å². The zero-order valence-corrected chi connectivity index (χ0v) is 6.87. The van der Waals surface area contributed by atoms with Crippen molar-refractivity contribution in [2.45, 2.75) is 6.61 Å². The first-order chi connectivity index (χ1) is 6.57. The second-order valence-corrected chi connectivity index (χ2v) is 2.43. The van der Waals surface area contributed by atoms with Crippen LogP contribution in [0.3, 0.4) is 0 Å². The van der Waals surface area contributed by atoms with Crippen LogP contribution in [0, 0.1) is 20.2 Å². The zero-order valence-electron chi connectivity index (χ0n) is 6.87. The van der Waals surface area contributed by atoms with Gasteiger partial charge in [0.1, 0.15) is 12.2 Å². The molecule has 0 aliphatic heterocycles. The van der Waals surface area contributed by atoms with E-state index >= 15 is 0 Å². The number of nitro groups is 2. The lowest BCUT2D eigenvalue weighted by Gasteiger charge is -1.98. The Morgan fingerprint density at radius 1 is 1.07 bits per heavy atom. The van der Waals surface area contributed by atoms with Crippen LogP contribution in [0.2, 0.25) is 0 Å². The molecular weight excluding hydrogens is 192 g/mol. The quantitative estimate of drug-likeness (QED) is 0.539. The van der Waals surface area contributed by atoms with Gasteiger partial charge < -0.3 is 0 Å². The van der Waals surface area contributed by atoms with Crippen molar-refractivity contribution >= 4 is 11.4 Å². The van der Waals surface area contributed by atoms with Gasteiger partial charge in [-0.25, -0.2) is 5.11 Å². The van der Waals surface area contributed by atoms with Crippen LogP contribution in [0.5, 0.6) is 0 Å². The Labute approximate surface area is 77.9 Å². The second kappa shape index (κ2) is 3.79. The number of benzene rings is 1. The van der Waals surface area contributed by atoms with E-state index < -0.39 is 27.8 Å². The van der Waals surface area contributed by atoms with Gasteiger partial charge in [-0.05, 0) is 6.07 Å². The number of hydrogen-bond acceptors (Lipinski definition) is 4. The Morgan fingerprint density at radius 3 is 1.79 bits per heavy atom. The van der Waals surface area contributed by atoms with Crippen LogP contribution in [0.15, 0.2) is 18.2 Å². The van der Waals surface area contributed by atoms with Crippen LogP contribution in [-0.2, 0) is 11.7 Å². The summed E-state index contributed by atoms with van der Waals surface area (Å²) >= 11 is 0. The van der Waals surface area contributed by atoms with Gasteiger partial charge >= 0.3 is 0 Å². The van der Waals surface area contributed by atoms with Crippen molar-refractivity contribution in [3.05, 3.63) is 44.0 Å². The maximum Gasteiger partial charge on any atom is 0.281 e. The maximum atomic E-state index is 10.6. The van der Waals surface area contributed by atoms with Crippen LogP contribution in [0.4, 0.5) is 11.4 Å². The Hall–Kier alpha value is -2.02. The van der Waals surface area contributed by atoms with Crippen molar-refractivity contribution in [3.8, 4) is 0 Å². The summed E-state index contributed by atoms with van der Waals surface area (Å²) in [4.78, 5) is 19.2. The molecular formula is C7H5N2O5. The van der Waals surface area contributed by atoms with Gasteiger partial charge in [0, 0.05) is 12.1 Å². The van der Waals surface area contributed by atoms with Crippen molar-refractivity contribution in [1.29, 1.82) is 0 Å². The molecule has 0 fully saturated rings. The van der Waals surface area contributed by atoms with Crippen molar-refractivity contribution in [2.75, 3.05) is 0 Å². The smallest absolute Gasteiger partial charge is 0.258 e. The van der Waals surface area contributed by atoms with Crippen LogP contribution in [0.1, 0.15) is 5.56 Å². The van der Waals surface area contributed by atoms with E-state index in [0.717, 1.165) is 12.1 Å². The number of rotatable bonds is 3. The Morgan fingerprint density at radius 2 is 1.50 bits per heavy atom. The number of nitro benzene ring substituents is 2. The Balaban J connectivity index is 3.39. The van der Waals surface area contributed by atoms with E-state index in [4.69, 9.17) is 0 Å². The van der Waals surface area contributed by atoms with Crippen molar-refractivity contribution in [1.82, 2.24) is 0 Å². The van der Waals surface area contributed by atoms with Gasteiger partial charge in [0.05, 0.1) is 9.85 Å². The third-order valence-corrected chi connectivity index (χ3v) is 1.66. The summed E-state index contributed by atoms with van der Waals surface area (Å²) in [5, 5.41) is 31.4. The van der Waals surface area contributed by atoms with Crippen LogP contribution in [0.25, 0.3) is 0 Å². The van der Waals surface area contributed by atoms with E-state index in [1.54, 1.807) is 0 Å². The molecule has 7 nitrogen and oxygen atoms in total. The molecule has 0 bridgehead atoms. The van der Waals surface area contributed by atoms with Gasteiger partial charge in [-0.2, -0.15) is 0 Å². The first-order valence-electron chi connectivity index (χ1n) is 3.56. The third-order valence-electron chi connectivity index (χ3n) is 1.66. The summed E-state index contributed by atoms with van der Waals surface area (Å²) in [7, 11) is 0. The molecule has 1 aromatic carbocycles. The molecule has 0 aliphatic carbocycles. The summed E-state index contributed by atoms with van der Waals surface area (Å²) in [6, 6.07) is 3.32. The van der Waals surface area contributed by atoms with Gasteiger partial charge in [0.2, 0.25) is 0 Å². The minimum atomic E-state index is -0.979. The molecule has 0 amide bonds. The molecule has 73 valence electrons. The van der Waals surface area contributed by atoms with Gasteiger partial charge in [-0.3, -0.25) is 20.2 Å². The van der Waals surface area contributed by atoms with Crippen molar-refractivity contribution in [2.24, 2.45) is 0 Å².